The highest BCUT2D eigenvalue weighted by molar-refractivity contribution is 6.44. The normalized spacial score (nSPS) is 13.6. The molecule has 8 nitrogen and oxygen atoms in total. The van der Waals surface area contributed by atoms with Crippen LogP contribution in [0.5, 0.6) is 0 Å². The predicted octanol–water partition coefficient (Wildman–Crippen LogP) is 3.54. The van der Waals surface area contributed by atoms with E-state index < -0.39 is 29.9 Å². The second-order valence-corrected chi connectivity index (χ2v) is 10.6. The largest absolute Gasteiger partial charge is 0.467 e. The summed E-state index contributed by atoms with van der Waals surface area (Å²) >= 11 is 0. The molecular formula is C32H32N4O4. The van der Waals surface area contributed by atoms with Gasteiger partial charge in [0.25, 0.3) is 0 Å². The maximum absolute atomic E-state index is 12.8. The van der Waals surface area contributed by atoms with Crippen LogP contribution in [0, 0.1) is 0 Å². The summed E-state index contributed by atoms with van der Waals surface area (Å²) < 4.78 is 5.04. The summed E-state index contributed by atoms with van der Waals surface area (Å²) in [7, 11) is 1.30. The molecule has 2 atom stereocenters. The fourth-order valence-electron chi connectivity index (χ4n) is 6.16. The Bertz CT molecular complexity index is 1810. The third-order valence-corrected chi connectivity index (χ3v) is 8.08. The molecule has 0 radical (unpaired) electrons. The van der Waals surface area contributed by atoms with Gasteiger partial charge in [-0.05, 0) is 78.8 Å². The molecule has 6 aromatic rings. The molecule has 0 fully saturated rings. The molecule has 6 N–H and O–H groups in total. The number of ether oxygens (including phenoxy) is 1. The zero-order valence-electron chi connectivity index (χ0n) is 22.4. The molecule has 0 aliphatic carbocycles. The first-order valence-electron chi connectivity index (χ1n) is 13.7. The Kier molecular flexibility index (Phi) is 6.73. The van der Waals surface area contributed by atoms with Crippen molar-refractivity contribution in [3.63, 3.8) is 0 Å². The van der Waals surface area contributed by atoms with Crippen LogP contribution in [0.1, 0.15) is 24.8 Å². The number of esters is 1. The molecule has 6 rings (SSSR count). The SMILES string of the molecule is COC(=O)[C@H](Cc1cc2ccc3ccc4ccc5ccc1c1c5c4c3c21)NC(=O)CNC(=O)[C@@H](N)CCCCN. The van der Waals surface area contributed by atoms with Crippen LogP contribution in [0.2, 0.25) is 0 Å². The van der Waals surface area contributed by atoms with Gasteiger partial charge < -0.3 is 26.8 Å². The van der Waals surface area contributed by atoms with E-state index in [1.165, 1.54) is 50.2 Å². The van der Waals surface area contributed by atoms with E-state index in [9.17, 15) is 14.4 Å². The Balaban J connectivity index is 1.29. The van der Waals surface area contributed by atoms with Crippen LogP contribution in [0.4, 0.5) is 0 Å². The molecule has 0 spiro atoms. The molecule has 8 heteroatoms. The minimum absolute atomic E-state index is 0.243. The second kappa shape index (κ2) is 10.4. The molecule has 0 aliphatic rings. The van der Waals surface area contributed by atoms with Crippen molar-refractivity contribution in [3.8, 4) is 0 Å². The number of hydrogen-bond acceptors (Lipinski definition) is 6. The van der Waals surface area contributed by atoms with Crippen molar-refractivity contribution in [2.24, 2.45) is 11.5 Å². The number of unbranched alkanes of at least 4 members (excludes halogenated alkanes) is 1. The summed E-state index contributed by atoms with van der Waals surface area (Å²) in [5.74, 6) is -1.46. The van der Waals surface area contributed by atoms with E-state index in [2.05, 4.69) is 65.2 Å². The van der Waals surface area contributed by atoms with Gasteiger partial charge in [0.1, 0.15) is 6.04 Å². The predicted molar refractivity (Wildman–Crippen MR) is 159 cm³/mol. The lowest BCUT2D eigenvalue weighted by Gasteiger charge is -2.19. The van der Waals surface area contributed by atoms with Gasteiger partial charge in [0.2, 0.25) is 11.8 Å². The van der Waals surface area contributed by atoms with Crippen molar-refractivity contribution in [1.82, 2.24) is 10.6 Å². The van der Waals surface area contributed by atoms with Gasteiger partial charge in [-0.2, -0.15) is 0 Å². The zero-order chi connectivity index (χ0) is 28.0. The summed E-state index contributed by atoms with van der Waals surface area (Å²) in [6.07, 6.45) is 2.25. The number of hydrogen-bond donors (Lipinski definition) is 4. The lowest BCUT2D eigenvalue weighted by Crippen LogP contribution is -2.49. The molecule has 6 aromatic carbocycles. The molecule has 0 bridgehead atoms. The number of rotatable bonds is 11. The monoisotopic (exact) mass is 536 g/mol. The quantitative estimate of drug-likeness (QED) is 0.114. The van der Waals surface area contributed by atoms with Crippen molar-refractivity contribution in [2.75, 3.05) is 20.2 Å². The summed E-state index contributed by atoms with van der Waals surface area (Å²) in [6.45, 7) is 0.251. The number of amides is 2. The van der Waals surface area contributed by atoms with Crippen molar-refractivity contribution >= 4 is 71.6 Å². The molecule has 2 amide bonds. The third kappa shape index (κ3) is 4.29. The lowest BCUT2D eigenvalue weighted by molar-refractivity contribution is -0.145. The standard InChI is InChI=1S/C32H32N4O4/c1-40-32(39)24(36-25(37)16-35-31(38)23(34)4-2-3-13-33)15-21-14-20-10-9-18-6-5-17-7-8-19-11-12-22(21)30-28(19)26(17)27(18)29(20)30/h5-12,14,23-24H,2-4,13,15-16,33-34H2,1H3,(H,35,38)(H,36,37)/t23-,24-/m0/s1. The smallest absolute Gasteiger partial charge is 0.328 e. The highest BCUT2D eigenvalue weighted by Gasteiger charge is 2.26. The third-order valence-electron chi connectivity index (χ3n) is 8.08. The number of carbonyl (C=O) groups is 3. The van der Waals surface area contributed by atoms with Gasteiger partial charge >= 0.3 is 5.97 Å². The molecule has 0 saturated carbocycles. The Morgan fingerprint density at radius 2 is 1.40 bits per heavy atom. The van der Waals surface area contributed by atoms with E-state index in [1.54, 1.807) is 0 Å². The number of carbonyl (C=O) groups excluding carboxylic acids is 3. The van der Waals surface area contributed by atoms with Crippen LogP contribution in [-0.2, 0) is 25.5 Å². The highest BCUT2D eigenvalue weighted by Crippen LogP contribution is 2.48. The number of nitrogens with one attached hydrogen (secondary N) is 2. The number of benzene rings is 5. The van der Waals surface area contributed by atoms with Crippen LogP contribution in [-0.4, -0.2) is 50.1 Å². The average Bonchev–Trinajstić information content (AvgIpc) is 3.34. The fraction of sp³-hybridized carbons (Fsp3) is 0.281. The van der Waals surface area contributed by atoms with Crippen LogP contribution in [0.3, 0.4) is 0 Å². The average molecular weight is 537 g/mol. The van der Waals surface area contributed by atoms with Gasteiger partial charge in [0.15, 0.2) is 0 Å². The molecular weight excluding hydrogens is 504 g/mol. The Hall–Kier alpha value is -4.27. The van der Waals surface area contributed by atoms with Crippen molar-refractivity contribution in [2.45, 2.75) is 37.8 Å². The van der Waals surface area contributed by atoms with Crippen LogP contribution < -0.4 is 22.1 Å². The summed E-state index contributed by atoms with van der Waals surface area (Å²) in [6, 6.07) is 17.6. The van der Waals surface area contributed by atoms with E-state index >= 15 is 0 Å². The van der Waals surface area contributed by atoms with Crippen molar-refractivity contribution in [3.05, 3.63) is 60.2 Å². The minimum atomic E-state index is -0.924. The molecule has 0 heterocycles. The van der Waals surface area contributed by atoms with Gasteiger partial charge in [-0.1, -0.05) is 61.0 Å². The van der Waals surface area contributed by atoms with Gasteiger partial charge in [0, 0.05) is 6.42 Å². The van der Waals surface area contributed by atoms with E-state index in [1.807, 2.05) is 0 Å². The lowest BCUT2D eigenvalue weighted by atomic mass is 9.92. The van der Waals surface area contributed by atoms with Gasteiger partial charge in [-0.3, -0.25) is 9.59 Å². The van der Waals surface area contributed by atoms with E-state index in [-0.39, 0.29) is 13.0 Å². The van der Waals surface area contributed by atoms with Crippen molar-refractivity contribution < 1.29 is 19.1 Å². The Morgan fingerprint density at radius 3 is 2.02 bits per heavy atom. The Labute approximate surface area is 231 Å². The summed E-state index contributed by atoms with van der Waals surface area (Å²) in [4.78, 5) is 37.9. The first-order chi connectivity index (χ1) is 19.4. The van der Waals surface area contributed by atoms with E-state index in [0.29, 0.717) is 13.0 Å². The molecule has 0 unspecified atom stereocenters. The molecule has 40 heavy (non-hydrogen) atoms. The van der Waals surface area contributed by atoms with Crippen LogP contribution >= 0.6 is 0 Å². The van der Waals surface area contributed by atoms with Gasteiger partial charge in [-0.25, -0.2) is 4.79 Å². The molecule has 0 saturated heterocycles. The zero-order valence-corrected chi connectivity index (χ0v) is 22.4. The first kappa shape index (κ1) is 26.0. The van der Waals surface area contributed by atoms with Gasteiger partial charge in [-0.15, -0.1) is 0 Å². The van der Waals surface area contributed by atoms with Crippen molar-refractivity contribution in [1.29, 1.82) is 0 Å². The maximum atomic E-state index is 12.8. The molecule has 0 aliphatic heterocycles. The summed E-state index contributed by atoms with van der Waals surface area (Å²) in [5.41, 5.74) is 12.3. The molecule has 0 aromatic heterocycles. The van der Waals surface area contributed by atoms with E-state index in [4.69, 9.17) is 16.2 Å². The van der Waals surface area contributed by atoms with Crippen LogP contribution in [0.15, 0.2) is 54.6 Å². The topological polar surface area (TPSA) is 137 Å². The van der Waals surface area contributed by atoms with E-state index in [0.717, 1.165) is 29.2 Å². The van der Waals surface area contributed by atoms with Crippen LogP contribution in [0.25, 0.3) is 53.9 Å². The minimum Gasteiger partial charge on any atom is -0.467 e. The fourth-order valence-corrected chi connectivity index (χ4v) is 6.16. The number of nitrogens with two attached hydrogens (primary N) is 2. The highest BCUT2D eigenvalue weighted by atomic mass is 16.5. The maximum Gasteiger partial charge on any atom is 0.328 e. The van der Waals surface area contributed by atoms with Gasteiger partial charge in [0.05, 0.1) is 19.7 Å². The number of methoxy groups -OCH3 is 1. The summed E-state index contributed by atoms with van der Waals surface area (Å²) in [5, 5.41) is 17.3. The Morgan fingerprint density at radius 1 is 0.825 bits per heavy atom. The first-order valence-corrected chi connectivity index (χ1v) is 13.7. The molecule has 204 valence electrons. The second-order valence-electron chi connectivity index (χ2n) is 10.6.